The maximum Gasteiger partial charge on any atom is 0.471 e. The van der Waals surface area contributed by atoms with E-state index in [0.717, 1.165) is 19.3 Å². The molecule has 0 aromatic heterocycles. The number of carbonyl (C=O) groups is 2. The van der Waals surface area contributed by atoms with Gasteiger partial charge < -0.3 is 18.7 Å². The molecule has 0 spiro atoms. The van der Waals surface area contributed by atoms with E-state index in [2.05, 4.69) is 6.92 Å². The minimum atomic E-state index is -5.14. The largest absolute Gasteiger partial charge is 0.471 e. The standard InChI is InChI=1S/C17H31F3NO5PS/c1-4-5-6-7-8-9-10-11-12-26-15(22)13-21(16(23)17(18,19)20)14-27(28,24-2)25-3/h4-14H2,1-3H3. The highest BCUT2D eigenvalue weighted by molar-refractivity contribution is 8.09. The van der Waals surface area contributed by atoms with E-state index < -0.39 is 37.4 Å². The van der Waals surface area contributed by atoms with E-state index in [1.54, 1.807) is 0 Å². The van der Waals surface area contributed by atoms with Crippen molar-refractivity contribution in [3.05, 3.63) is 0 Å². The minimum Gasteiger partial charge on any atom is -0.464 e. The van der Waals surface area contributed by atoms with Crippen molar-refractivity contribution in [2.75, 3.05) is 33.7 Å². The smallest absolute Gasteiger partial charge is 0.464 e. The van der Waals surface area contributed by atoms with Crippen LogP contribution in [0.2, 0.25) is 0 Å². The molecule has 0 saturated carbocycles. The Kier molecular flexibility index (Phi) is 14.0. The number of hydrogen-bond donors (Lipinski definition) is 0. The average molecular weight is 449 g/mol. The van der Waals surface area contributed by atoms with Crippen LogP contribution in [0.15, 0.2) is 0 Å². The van der Waals surface area contributed by atoms with Crippen LogP contribution < -0.4 is 0 Å². The zero-order valence-corrected chi connectivity index (χ0v) is 18.5. The van der Waals surface area contributed by atoms with Gasteiger partial charge in [-0.2, -0.15) is 13.2 Å². The normalized spacial score (nSPS) is 12.1. The second-order valence-corrected chi connectivity index (χ2v) is 10.2. The zero-order valence-electron chi connectivity index (χ0n) is 16.8. The Bertz CT molecular complexity index is 512. The molecule has 0 atom stereocenters. The van der Waals surface area contributed by atoms with Crippen LogP contribution in [0.1, 0.15) is 58.3 Å². The van der Waals surface area contributed by atoms with Gasteiger partial charge in [-0.1, -0.05) is 51.9 Å². The molecule has 28 heavy (non-hydrogen) atoms. The minimum absolute atomic E-state index is 0.102. The van der Waals surface area contributed by atoms with Crippen LogP contribution in [-0.4, -0.2) is 56.6 Å². The number of hydrogen-bond acceptors (Lipinski definition) is 6. The lowest BCUT2D eigenvalue weighted by Crippen LogP contribution is -2.44. The fourth-order valence-corrected chi connectivity index (χ4v) is 3.83. The van der Waals surface area contributed by atoms with Gasteiger partial charge in [0.1, 0.15) is 6.54 Å². The predicted octanol–water partition coefficient (Wildman–Crippen LogP) is 4.62. The molecular formula is C17H31F3NO5PS. The van der Waals surface area contributed by atoms with Crippen molar-refractivity contribution >= 4 is 30.2 Å². The number of halogens is 3. The highest BCUT2D eigenvalue weighted by Crippen LogP contribution is 2.47. The molecule has 0 unspecified atom stereocenters. The lowest BCUT2D eigenvalue weighted by Gasteiger charge is -2.27. The molecule has 0 N–H and O–H groups in total. The van der Waals surface area contributed by atoms with Gasteiger partial charge in [-0.25, -0.2) is 0 Å². The summed E-state index contributed by atoms with van der Waals surface area (Å²) in [6.45, 7) is -1.75. The fraction of sp³-hybridized carbons (Fsp3) is 0.882. The van der Waals surface area contributed by atoms with Crippen molar-refractivity contribution in [3.63, 3.8) is 0 Å². The molecule has 0 radical (unpaired) electrons. The van der Waals surface area contributed by atoms with E-state index in [-0.39, 0.29) is 11.5 Å². The Labute approximate surface area is 170 Å². The molecule has 0 aromatic carbocycles. The van der Waals surface area contributed by atoms with Crippen molar-refractivity contribution in [2.24, 2.45) is 0 Å². The third-order valence-electron chi connectivity index (χ3n) is 4.01. The van der Waals surface area contributed by atoms with E-state index in [1.165, 1.54) is 39.9 Å². The van der Waals surface area contributed by atoms with Gasteiger partial charge >= 0.3 is 18.1 Å². The lowest BCUT2D eigenvalue weighted by molar-refractivity contribution is -0.186. The summed E-state index contributed by atoms with van der Waals surface area (Å²) in [5.74, 6) is -3.10. The second kappa shape index (κ2) is 14.3. The summed E-state index contributed by atoms with van der Waals surface area (Å²) < 4.78 is 53.2. The monoisotopic (exact) mass is 449 g/mol. The number of ether oxygens (including phenoxy) is 1. The Hall–Kier alpha value is -0.700. The van der Waals surface area contributed by atoms with Crippen LogP contribution in [0.25, 0.3) is 0 Å². The maximum absolute atomic E-state index is 12.8. The van der Waals surface area contributed by atoms with Crippen molar-refractivity contribution in [3.8, 4) is 0 Å². The number of carbonyl (C=O) groups excluding carboxylic acids is 2. The van der Waals surface area contributed by atoms with Gasteiger partial charge in [0, 0.05) is 14.2 Å². The number of nitrogens with zero attached hydrogens (tertiary/aromatic N) is 1. The first-order valence-electron chi connectivity index (χ1n) is 9.32. The zero-order chi connectivity index (χ0) is 21.6. The molecule has 0 bridgehead atoms. The number of rotatable bonds is 15. The lowest BCUT2D eigenvalue weighted by atomic mass is 10.1. The Morgan fingerprint density at radius 2 is 1.46 bits per heavy atom. The molecule has 166 valence electrons. The van der Waals surface area contributed by atoms with E-state index in [1.807, 2.05) is 0 Å². The van der Waals surface area contributed by atoms with Gasteiger partial charge in [-0.15, -0.1) is 0 Å². The number of amides is 1. The summed E-state index contributed by atoms with van der Waals surface area (Å²) in [7, 11) is 2.36. The average Bonchev–Trinajstić information content (AvgIpc) is 2.64. The first kappa shape index (κ1) is 27.3. The van der Waals surface area contributed by atoms with Gasteiger partial charge in [0.25, 0.3) is 0 Å². The third-order valence-corrected chi connectivity index (χ3v) is 7.05. The van der Waals surface area contributed by atoms with E-state index in [0.29, 0.717) is 6.42 Å². The fourth-order valence-electron chi connectivity index (χ4n) is 2.39. The molecule has 0 saturated heterocycles. The molecule has 0 heterocycles. The van der Waals surface area contributed by atoms with Crippen molar-refractivity contribution < 1.29 is 36.5 Å². The summed E-state index contributed by atoms with van der Waals surface area (Å²) in [5, 5.41) is 0. The topological polar surface area (TPSA) is 65.1 Å². The van der Waals surface area contributed by atoms with Crippen LogP contribution in [0.4, 0.5) is 13.2 Å². The molecule has 0 aliphatic carbocycles. The molecule has 0 aliphatic heterocycles. The maximum atomic E-state index is 12.8. The summed E-state index contributed by atoms with van der Waals surface area (Å²) in [4.78, 5) is 23.7. The Morgan fingerprint density at radius 1 is 0.964 bits per heavy atom. The quantitative estimate of drug-likeness (QED) is 0.207. The van der Waals surface area contributed by atoms with Gasteiger partial charge in [0.15, 0.2) is 0 Å². The molecular weight excluding hydrogens is 418 g/mol. The second-order valence-electron chi connectivity index (χ2n) is 6.31. The van der Waals surface area contributed by atoms with Crippen LogP contribution in [0.5, 0.6) is 0 Å². The first-order valence-corrected chi connectivity index (χ1v) is 12.1. The Morgan fingerprint density at radius 3 is 1.93 bits per heavy atom. The summed E-state index contributed by atoms with van der Waals surface area (Å²) >= 11 is 5.00. The van der Waals surface area contributed by atoms with Crippen LogP contribution in [0, 0.1) is 0 Å². The number of esters is 1. The molecule has 11 heteroatoms. The van der Waals surface area contributed by atoms with E-state index in [9.17, 15) is 22.8 Å². The molecule has 1 amide bonds. The summed E-state index contributed by atoms with van der Waals surface area (Å²) in [6.07, 6.45) is 2.65. The van der Waals surface area contributed by atoms with Gasteiger partial charge in [0.2, 0.25) is 6.49 Å². The number of unbranched alkanes of at least 4 members (excludes halogenated alkanes) is 7. The summed E-state index contributed by atoms with van der Waals surface area (Å²) in [5.41, 5.74) is 0. The van der Waals surface area contributed by atoms with Crippen LogP contribution >= 0.6 is 6.49 Å². The molecule has 0 rings (SSSR count). The predicted molar refractivity (Wildman–Crippen MR) is 105 cm³/mol. The van der Waals surface area contributed by atoms with Gasteiger partial charge in [-0.3, -0.25) is 9.59 Å². The van der Waals surface area contributed by atoms with Crippen LogP contribution in [-0.2, 0) is 35.2 Å². The highest BCUT2D eigenvalue weighted by Gasteiger charge is 2.44. The van der Waals surface area contributed by atoms with Gasteiger partial charge in [-0.05, 0) is 18.2 Å². The van der Waals surface area contributed by atoms with Crippen molar-refractivity contribution in [2.45, 2.75) is 64.5 Å². The SMILES string of the molecule is CCCCCCCCCCOC(=O)CN(CP(=S)(OC)OC)C(=O)C(F)(F)F. The molecule has 0 aromatic rings. The third kappa shape index (κ3) is 12.0. The Balaban J connectivity index is 4.42. The van der Waals surface area contributed by atoms with Crippen molar-refractivity contribution in [1.29, 1.82) is 0 Å². The first-order chi connectivity index (χ1) is 13.1. The van der Waals surface area contributed by atoms with Crippen LogP contribution in [0.3, 0.4) is 0 Å². The number of alkyl halides is 3. The van der Waals surface area contributed by atoms with E-state index in [4.69, 9.17) is 25.6 Å². The van der Waals surface area contributed by atoms with E-state index >= 15 is 0 Å². The summed E-state index contributed by atoms with van der Waals surface area (Å²) in [6, 6.07) is 0. The molecule has 6 nitrogen and oxygen atoms in total. The van der Waals surface area contributed by atoms with Crippen molar-refractivity contribution in [1.82, 2.24) is 4.90 Å². The molecule has 0 fully saturated rings. The highest BCUT2D eigenvalue weighted by atomic mass is 32.5. The van der Waals surface area contributed by atoms with Gasteiger partial charge in [0.05, 0.1) is 12.9 Å². The molecule has 0 aliphatic rings.